The van der Waals surface area contributed by atoms with Crippen molar-refractivity contribution in [1.82, 2.24) is 4.90 Å². The van der Waals surface area contributed by atoms with E-state index in [1.807, 2.05) is 44.2 Å². The van der Waals surface area contributed by atoms with Crippen molar-refractivity contribution in [2.75, 3.05) is 19.7 Å². The van der Waals surface area contributed by atoms with E-state index in [0.717, 1.165) is 17.1 Å². The maximum absolute atomic E-state index is 12.8. The molecule has 0 radical (unpaired) electrons. The number of nitrogens with zero attached hydrogens (tertiary/aromatic N) is 1. The third-order valence-corrected chi connectivity index (χ3v) is 5.04. The molecule has 1 aromatic carbocycles. The second-order valence-corrected chi connectivity index (χ2v) is 7.86. The molecule has 138 valence electrons. The number of aromatic carboxylic acids is 1. The van der Waals surface area contributed by atoms with Gasteiger partial charge in [-0.15, -0.1) is 11.3 Å². The minimum atomic E-state index is -1.02. The van der Waals surface area contributed by atoms with Crippen molar-refractivity contribution in [2.45, 2.75) is 25.6 Å². The number of hydrogen-bond acceptors (Lipinski definition) is 5. The molecule has 0 saturated carbocycles. The van der Waals surface area contributed by atoms with Gasteiger partial charge in [-0.3, -0.25) is 4.79 Å². The minimum Gasteiger partial charge on any atom is -0.491 e. The number of hydrogen-bond donors (Lipinski definition) is 1. The first-order valence-corrected chi connectivity index (χ1v) is 9.14. The maximum atomic E-state index is 12.8. The summed E-state index contributed by atoms with van der Waals surface area (Å²) in [6, 6.07) is 12.5. The molecule has 1 amide bonds. The monoisotopic (exact) mass is 375 g/mol. The van der Waals surface area contributed by atoms with Crippen LogP contribution in [-0.4, -0.2) is 53.3 Å². The average Bonchev–Trinajstić information content (AvgIpc) is 3.09. The molecule has 0 bridgehead atoms. The Bertz CT molecular complexity index is 786. The summed E-state index contributed by atoms with van der Waals surface area (Å²) in [5, 5.41) is 9.04. The second kappa shape index (κ2) is 7.47. The second-order valence-electron chi connectivity index (χ2n) is 6.78. The molecular formula is C19H21NO5S. The fourth-order valence-corrected chi connectivity index (χ4v) is 3.78. The van der Waals surface area contributed by atoms with Crippen LogP contribution in [-0.2, 0) is 4.74 Å². The molecule has 1 N–H and O–H groups in total. The Morgan fingerprint density at radius 1 is 1.23 bits per heavy atom. The lowest BCUT2D eigenvalue weighted by atomic mass is 10.1. The number of benzene rings is 1. The van der Waals surface area contributed by atoms with E-state index in [0.29, 0.717) is 24.6 Å². The zero-order valence-corrected chi connectivity index (χ0v) is 15.5. The molecule has 1 aliphatic rings. The van der Waals surface area contributed by atoms with Crippen LogP contribution in [0, 0.1) is 0 Å². The van der Waals surface area contributed by atoms with Crippen LogP contribution >= 0.6 is 11.3 Å². The molecule has 7 heteroatoms. The standard InChI is InChI=1S/C19H21NO5S/c1-19(2)12-20(17(21)15-8-9-16(26-15)18(22)23)10-14(25-19)11-24-13-6-4-3-5-7-13/h3-9,14H,10-12H2,1-2H3,(H,22,23). The van der Waals surface area contributed by atoms with Crippen LogP contribution in [0.2, 0.25) is 0 Å². The minimum absolute atomic E-state index is 0.157. The predicted molar refractivity (Wildman–Crippen MR) is 98.1 cm³/mol. The van der Waals surface area contributed by atoms with Crippen molar-refractivity contribution in [2.24, 2.45) is 0 Å². The van der Waals surface area contributed by atoms with Gasteiger partial charge in [0.25, 0.3) is 5.91 Å². The van der Waals surface area contributed by atoms with Gasteiger partial charge in [-0.25, -0.2) is 4.79 Å². The first kappa shape index (κ1) is 18.4. The summed E-state index contributed by atoms with van der Waals surface area (Å²) in [7, 11) is 0. The van der Waals surface area contributed by atoms with Gasteiger partial charge in [0.15, 0.2) is 0 Å². The Morgan fingerprint density at radius 3 is 2.58 bits per heavy atom. The van der Waals surface area contributed by atoms with Crippen molar-refractivity contribution in [3.63, 3.8) is 0 Å². The molecule has 1 fully saturated rings. The Morgan fingerprint density at radius 2 is 1.92 bits per heavy atom. The molecule has 0 spiro atoms. The summed E-state index contributed by atoms with van der Waals surface area (Å²) < 4.78 is 11.8. The van der Waals surface area contributed by atoms with E-state index in [1.54, 1.807) is 11.0 Å². The Labute approximate surface area is 156 Å². The molecule has 3 rings (SSSR count). The largest absolute Gasteiger partial charge is 0.491 e. The van der Waals surface area contributed by atoms with Crippen LogP contribution in [0.5, 0.6) is 5.75 Å². The first-order chi connectivity index (χ1) is 12.3. The van der Waals surface area contributed by atoms with Crippen molar-refractivity contribution in [3.05, 3.63) is 52.2 Å². The number of morpholine rings is 1. The molecular weight excluding hydrogens is 354 g/mol. The van der Waals surface area contributed by atoms with Gasteiger partial charge >= 0.3 is 5.97 Å². The van der Waals surface area contributed by atoms with Crippen LogP contribution in [0.25, 0.3) is 0 Å². The summed E-state index contributed by atoms with van der Waals surface area (Å²) in [6.07, 6.45) is -0.262. The number of amides is 1. The van der Waals surface area contributed by atoms with Crippen molar-refractivity contribution in [1.29, 1.82) is 0 Å². The van der Waals surface area contributed by atoms with Gasteiger partial charge < -0.3 is 19.5 Å². The van der Waals surface area contributed by atoms with E-state index in [9.17, 15) is 9.59 Å². The fraction of sp³-hybridized carbons (Fsp3) is 0.368. The topological polar surface area (TPSA) is 76.1 Å². The van der Waals surface area contributed by atoms with Gasteiger partial charge in [0.1, 0.15) is 23.3 Å². The van der Waals surface area contributed by atoms with Gasteiger partial charge in [0.2, 0.25) is 0 Å². The van der Waals surface area contributed by atoms with Crippen LogP contribution < -0.4 is 4.74 Å². The predicted octanol–water partition coefficient (Wildman–Crippen LogP) is 3.14. The highest BCUT2D eigenvalue weighted by molar-refractivity contribution is 7.15. The number of rotatable bonds is 5. The molecule has 1 atom stereocenters. The van der Waals surface area contributed by atoms with Crippen LogP contribution in [0.1, 0.15) is 33.2 Å². The van der Waals surface area contributed by atoms with Crippen LogP contribution in [0.15, 0.2) is 42.5 Å². The molecule has 1 unspecified atom stereocenters. The van der Waals surface area contributed by atoms with Crippen LogP contribution in [0.3, 0.4) is 0 Å². The molecule has 1 aromatic heterocycles. The zero-order chi connectivity index (χ0) is 18.7. The van der Waals surface area contributed by atoms with Crippen LogP contribution in [0.4, 0.5) is 0 Å². The number of thiophene rings is 1. The summed E-state index contributed by atoms with van der Waals surface area (Å²) in [5.41, 5.74) is -0.508. The maximum Gasteiger partial charge on any atom is 0.345 e. The van der Waals surface area contributed by atoms with Gasteiger partial charge in [-0.1, -0.05) is 18.2 Å². The lowest BCUT2D eigenvalue weighted by molar-refractivity contribution is -0.136. The third kappa shape index (κ3) is 4.42. The Kier molecular flexibility index (Phi) is 5.29. The first-order valence-electron chi connectivity index (χ1n) is 8.32. The van der Waals surface area contributed by atoms with Gasteiger partial charge in [-0.2, -0.15) is 0 Å². The quantitative estimate of drug-likeness (QED) is 0.869. The normalized spacial score (nSPS) is 19.2. The number of ether oxygens (including phenoxy) is 2. The highest BCUT2D eigenvalue weighted by Gasteiger charge is 2.36. The zero-order valence-electron chi connectivity index (χ0n) is 14.7. The van der Waals surface area contributed by atoms with E-state index in [2.05, 4.69) is 0 Å². The lowest BCUT2D eigenvalue weighted by Crippen LogP contribution is -2.55. The third-order valence-electron chi connectivity index (χ3n) is 3.98. The van der Waals surface area contributed by atoms with Gasteiger partial charge in [0.05, 0.1) is 17.0 Å². The number of carboxylic acids is 1. The molecule has 2 heterocycles. The number of carbonyl (C=O) groups excluding carboxylic acids is 1. The van der Waals surface area contributed by atoms with Crippen molar-refractivity contribution >= 4 is 23.2 Å². The number of carbonyl (C=O) groups is 2. The SMILES string of the molecule is CC1(C)CN(C(=O)c2ccc(C(=O)O)s2)CC(COc2ccccc2)O1. The van der Waals surface area contributed by atoms with Crippen molar-refractivity contribution < 1.29 is 24.2 Å². The molecule has 26 heavy (non-hydrogen) atoms. The van der Waals surface area contributed by atoms with E-state index in [-0.39, 0.29) is 16.9 Å². The lowest BCUT2D eigenvalue weighted by Gasteiger charge is -2.42. The van der Waals surface area contributed by atoms with Crippen molar-refractivity contribution in [3.8, 4) is 5.75 Å². The van der Waals surface area contributed by atoms with E-state index >= 15 is 0 Å². The smallest absolute Gasteiger partial charge is 0.345 e. The number of carboxylic acid groups (broad SMARTS) is 1. The molecule has 1 saturated heterocycles. The fourth-order valence-electron chi connectivity index (χ4n) is 2.97. The molecule has 1 aliphatic heterocycles. The Hall–Kier alpha value is -2.38. The molecule has 6 nitrogen and oxygen atoms in total. The summed E-state index contributed by atoms with van der Waals surface area (Å²) in [5.74, 6) is -0.448. The highest BCUT2D eigenvalue weighted by atomic mass is 32.1. The van der Waals surface area contributed by atoms with E-state index < -0.39 is 11.6 Å². The highest BCUT2D eigenvalue weighted by Crippen LogP contribution is 2.25. The summed E-state index contributed by atoms with van der Waals surface area (Å²) in [4.78, 5) is 26.1. The average molecular weight is 375 g/mol. The summed E-state index contributed by atoms with van der Waals surface area (Å²) >= 11 is 0.992. The Balaban J connectivity index is 1.68. The number of para-hydroxylation sites is 1. The van der Waals surface area contributed by atoms with E-state index in [1.165, 1.54) is 6.07 Å². The van der Waals surface area contributed by atoms with Gasteiger partial charge in [0, 0.05) is 6.54 Å². The van der Waals surface area contributed by atoms with Gasteiger partial charge in [-0.05, 0) is 38.1 Å². The molecule has 0 aliphatic carbocycles. The molecule has 2 aromatic rings. The summed E-state index contributed by atoms with van der Waals surface area (Å²) in [6.45, 7) is 5.03. The van der Waals surface area contributed by atoms with E-state index in [4.69, 9.17) is 14.6 Å².